The molecule has 0 unspecified atom stereocenters. The third-order valence-corrected chi connectivity index (χ3v) is 8.67. The summed E-state index contributed by atoms with van der Waals surface area (Å²) >= 11 is 0. The first kappa shape index (κ1) is 28.3. The predicted octanol–water partition coefficient (Wildman–Crippen LogP) is 8.67. The Morgan fingerprint density at radius 2 is 1.24 bits per heavy atom. The molecule has 0 fully saturated rings. The number of anilines is 1. The molecule has 2 heterocycles. The molecule has 45 heavy (non-hydrogen) atoms. The third-order valence-electron chi connectivity index (χ3n) is 8.67. The molecule has 0 saturated carbocycles. The number of rotatable bonds is 7. The number of amides is 1. The smallest absolute Gasteiger partial charge is 0.264 e. The first-order chi connectivity index (χ1) is 21.8. The Morgan fingerprint density at radius 1 is 0.711 bits per heavy atom. The number of H-pyrrole nitrogens is 1. The van der Waals surface area contributed by atoms with E-state index in [-0.39, 0.29) is 29.8 Å². The Morgan fingerprint density at radius 3 is 1.84 bits per heavy atom. The van der Waals surface area contributed by atoms with Gasteiger partial charge in [-0.25, -0.2) is 13.2 Å². The van der Waals surface area contributed by atoms with Crippen LogP contribution in [0.5, 0.6) is 0 Å². The van der Waals surface area contributed by atoms with E-state index in [1.165, 1.54) is 41.4 Å². The fourth-order valence-electron chi connectivity index (χ4n) is 6.52. The molecule has 1 atom stereocenters. The molecule has 5 aromatic carbocycles. The van der Waals surface area contributed by atoms with Gasteiger partial charge in [-0.3, -0.25) is 4.79 Å². The summed E-state index contributed by atoms with van der Waals surface area (Å²) in [4.78, 5) is 18.6. The standard InChI is InChI=1S/C38H28F3N3O/c1-24-38(23-25-11-17-28(39)18-12-25,37(45)44(43-24)31-7-3-2-4-8-31)35-32-9-5-6-10-33(32)42-36(35)34(26-13-19-29(40)20-14-26)27-15-21-30(41)22-16-27/h2-22,34,42H,23H2,1H3/t38-/m1/s1. The molecule has 1 amide bonds. The molecule has 1 aliphatic heterocycles. The molecule has 222 valence electrons. The highest BCUT2D eigenvalue weighted by Crippen LogP contribution is 2.47. The van der Waals surface area contributed by atoms with Crippen LogP contribution in [0.25, 0.3) is 10.9 Å². The van der Waals surface area contributed by atoms with Gasteiger partial charge in [0.05, 0.1) is 11.4 Å². The predicted molar refractivity (Wildman–Crippen MR) is 171 cm³/mol. The molecule has 1 aliphatic rings. The highest BCUT2D eigenvalue weighted by Gasteiger charge is 2.54. The van der Waals surface area contributed by atoms with Crippen molar-refractivity contribution in [3.8, 4) is 0 Å². The van der Waals surface area contributed by atoms with Gasteiger partial charge in [0.2, 0.25) is 0 Å². The maximum atomic E-state index is 15.0. The minimum Gasteiger partial charge on any atom is -0.357 e. The van der Waals surface area contributed by atoms with Crippen LogP contribution in [0.1, 0.15) is 40.8 Å². The van der Waals surface area contributed by atoms with Gasteiger partial charge < -0.3 is 4.98 Å². The van der Waals surface area contributed by atoms with E-state index in [1.807, 2.05) is 61.5 Å². The lowest BCUT2D eigenvalue weighted by Gasteiger charge is -2.32. The van der Waals surface area contributed by atoms with E-state index in [2.05, 4.69) is 4.98 Å². The van der Waals surface area contributed by atoms with Crippen LogP contribution in [-0.4, -0.2) is 16.6 Å². The molecule has 6 aromatic rings. The molecular weight excluding hydrogens is 571 g/mol. The van der Waals surface area contributed by atoms with Crippen LogP contribution in [-0.2, 0) is 16.6 Å². The van der Waals surface area contributed by atoms with Gasteiger partial charge in [-0.05, 0) is 84.6 Å². The molecular formula is C38H28F3N3O. The number of nitrogens with one attached hydrogen (secondary N) is 1. The Bertz CT molecular complexity index is 1990. The molecule has 0 radical (unpaired) electrons. The van der Waals surface area contributed by atoms with E-state index in [9.17, 15) is 13.2 Å². The van der Waals surface area contributed by atoms with Crippen molar-refractivity contribution in [2.75, 3.05) is 5.01 Å². The van der Waals surface area contributed by atoms with Crippen LogP contribution in [0.2, 0.25) is 0 Å². The minimum atomic E-state index is -1.30. The lowest BCUT2D eigenvalue weighted by Crippen LogP contribution is -2.46. The van der Waals surface area contributed by atoms with E-state index in [4.69, 9.17) is 5.10 Å². The number of hydrogen-bond donors (Lipinski definition) is 1. The second-order valence-corrected chi connectivity index (χ2v) is 11.3. The number of carbonyl (C=O) groups is 1. The van der Waals surface area contributed by atoms with Crippen LogP contribution in [0.3, 0.4) is 0 Å². The van der Waals surface area contributed by atoms with Crippen molar-refractivity contribution in [3.63, 3.8) is 0 Å². The number of fused-ring (bicyclic) bond motifs is 1. The average molecular weight is 600 g/mol. The molecule has 7 rings (SSSR count). The number of aromatic amines is 1. The number of hydrogen-bond acceptors (Lipinski definition) is 2. The summed E-state index contributed by atoms with van der Waals surface area (Å²) in [5.41, 5.74) is 4.38. The number of carbonyl (C=O) groups excluding carboxylic acids is 1. The van der Waals surface area contributed by atoms with Gasteiger partial charge in [0.25, 0.3) is 5.91 Å². The molecule has 1 aromatic heterocycles. The van der Waals surface area contributed by atoms with Gasteiger partial charge in [-0.15, -0.1) is 0 Å². The zero-order valence-electron chi connectivity index (χ0n) is 24.3. The third kappa shape index (κ3) is 4.90. The molecule has 4 nitrogen and oxygen atoms in total. The lowest BCUT2D eigenvalue weighted by atomic mass is 9.68. The largest absolute Gasteiger partial charge is 0.357 e. The molecule has 0 aliphatic carbocycles. The first-order valence-corrected chi connectivity index (χ1v) is 14.7. The number of para-hydroxylation sites is 2. The SMILES string of the molecule is CC1=NN(c2ccccc2)C(=O)[C@@]1(Cc1ccc(F)cc1)c1c(C(c2ccc(F)cc2)c2ccc(F)cc2)[nH]c2ccccc12. The van der Waals surface area contributed by atoms with Crippen molar-refractivity contribution in [1.29, 1.82) is 0 Å². The van der Waals surface area contributed by atoms with E-state index in [1.54, 1.807) is 36.4 Å². The fourth-order valence-corrected chi connectivity index (χ4v) is 6.52. The summed E-state index contributed by atoms with van der Waals surface area (Å²) in [6, 6.07) is 35.6. The summed E-state index contributed by atoms with van der Waals surface area (Å²) in [5, 5.41) is 7.11. The summed E-state index contributed by atoms with van der Waals surface area (Å²) in [6.45, 7) is 1.85. The summed E-state index contributed by atoms with van der Waals surface area (Å²) in [5.74, 6) is -1.91. The number of nitrogens with zero attached hydrogens (tertiary/aromatic N) is 2. The molecule has 0 saturated heterocycles. The first-order valence-electron chi connectivity index (χ1n) is 14.7. The van der Waals surface area contributed by atoms with Gasteiger partial charge in [-0.2, -0.15) is 10.1 Å². The van der Waals surface area contributed by atoms with E-state index in [0.717, 1.165) is 27.6 Å². The second-order valence-electron chi connectivity index (χ2n) is 11.3. The topological polar surface area (TPSA) is 48.5 Å². The number of hydrazone groups is 1. The highest BCUT2D eigenvalue weighted by molar-refractivity contribution is 6.25. The van der Waals surface area contributed by atoms with Crippen molar-refractivity contribution in [1.82, 2.24) is 4.98 Å². The van der Waals surface area contributed by atoms with Crippen molar-refractivity contribution >= 4 is 28.2 Å². The van der Waals surface area contributed by atoms with Crippen molar-refractivity contribution in [3.05, 3.63) is 173 Å². The quantitative estimate of drug-likeness (QED) is 0.196. The maximum Gasteiger partial charge on any atom is 0.264 e. The van der Waals surface area contributed by atoms with Crippen LogP contribution < -0.4 is 5.01 Å². The summed E-state index contributed by atoms with van der Waals surface area (Å²) in [7, 11) is 0. The second kappa shape index (κ2) is 11.2. The van der Waals surface area contributed by atoms with E-state index >= 15 is 4.79 Å². The molecule has 1 N–H and O–H groups in total. The molecule has 7 heteroatoms. The van der Waals surface area contributed by atoms with Crippen molar-refractivity contribution < 1.29 is 18.0 Å². The van der Waals surface area contributed by atoms with Gasteiger partial charge >= 0.3 is 0 Å². The van der Waals surface area contributed by atoms with Crippen LogP contribution >= 0.6 is 0 Å². The zero-order chi connectivity index (χ0) is 31.1. The Labute approximate surface area is 258 Å². The Balaban J connectivity index is 1.54. The van der Waals surface area contributed by atoms with E-state index in [0.29, 0.717) is 22.7 Å². The van der Waals surface area contributed by atoms with Crippen LogP contribution in [0, 0.1) is 17.5 Å². The van der Waals surface area contributed by atoms with Crippen LogP contribution in [0.15, 0.2) is 132 Å². The van der Waals surface area contributed by atoms with Gasteiger partial charge in [-0.1, -0.05) is 72.8 Å². The number of halogens is 3. The molecule has 0 spiro atoms. The monoisotopic (exact) mass is 599 g/mol. The Hall–Kier alpha value is -5.43. The number of aromatic nitrogens is 1. The van der Waals surface area contributed by atoms with Crippen molar-refractivity contribution in [2.24, 2.45) is 5.10 Å². The highest BCUT2D eigenvalue weighted by atomic mass is 19.1. The van der Waals surface area contributed by atoms with Gasteiger partial charge in [0, 0.05) is 28.1 Å². The lowest BCUT2D eigenvalue weighted by molar-refractivity contribution is -0.121. The van der Waals surface area contributed by atoms with E-state index < -0.39 is 11.3 Å². The normalized spacial score (nSPS) is 16.5. The summed E-state index contributed by atoms with van der Waals surface area (Å²) in [6.07, 6.45) is 0.208. The van der Waals surface area contributed by atoms with Crippen LogP contribution in [0.4, 0.5) is 18.9 Å². The number of benzene rings is 5. The molecule has 0 bridgehead atoms. The van der Waals surface area contributed by atoms with Gasteiger partial charge in [0.1, 0.15) is 22.9 Å². The Kier molecular flexibility index (Phi) is 7.09. The maximum absolute atomic E-state index is 15.0. The van der Waals surface area contributed by atoms with Crippen molar-refractivity contribution in [2.45, 2.75) is 24.7 Å². The van der Waals surface area contributed by atoms with Gasteiger partial charge in [0.15, 0.2) is 0 Å². The zero-order valence-corrected chi connectivity index (χ0v) is 24.3. The summed E-state index contributed by atoms with van der Waals surface area (Å²) < 4.78 is 42.4. The minimum absolute atomic E-state index is 0.208. The fraction of sp³-hybridized carbons (Fsp3) is 0.105. The average Bonchev–Trinajstić information content (AvgIpc) is 3.55.